The minimum atomic E-state index is -1.44. The minimum absolute atomic E-state index is 0.0606. The average Bonchev–Trinajstić information content (AvgIpc) is 2.45. The molecule has 112 valence electrons. The molecule has 21 heavy (non-hydrogen) atoms. The number of ether oxygens (including phenoxy) is 1. The van der Waals surface area contributed by atoms with Crippen molar-refractivity contribution in [2.75, 3.05) is 12.3 Å². The zero-order valence-corrected chi connectivity index (χ0v) is 13.8. The molecular formula is C15H15BrFNO2S. The van der Waals surface area contributed by atoms with Gasteiger partial charge in [-0.1, -0.05) is 15.9 Å². The van der Waals surface area contributed by atoms with Gasteiger partial charge in [0, 0.05) is 15.7 Å². The zero-order chi connectivity index (χ0) is 15.4. The lowest BCUT2D eigenvalue weighted by atomic mass is 10.2. The summed E-state index contributed by atoms with van der Waals surface area (Å²) in [5.41, 5.74) is 6.64. The summed E-state index contributed by atoms with van der Waals surface area (Å²) in [6, 6.07) is 9.58. The van der Waals surface area contributed by atoms with Crippen molar-refractivity contribution in [1.29, 1.82) is 0 Å². The number of halogens is 2. The Balaban J connectivity index is 2.27. The highest BCUT2D eigenvalue weighted by Crippen LogP contribution is 2.26. The minimum Gasteiger partial charge on any atom is -0.494 e. The highest BCUT2D eigenvalue weighted by atomic mass is 79.9. The maximum Gasteiger partial charge on any atom is 0.127 e. The van der Waals surface area contributed by atoms with Crippen molar-refractivity contribution in [3.8, 4) is 5.75 Å². The molecule has 3 nitrogen and oxygen atoms in total. The molecule has 2 aromatic rings. The second-order valence-corrected chi connectivity index (χ2v) is 6.69. The fourth-order valence-corrected chi connectivity index (χ4v) is 3.49. The predicted octanol–water partition coefficient (Wildman–Crippen LogP) is 3.88. The lowest BCUT2D eigenvalue weighted by molar-refractivity contribution is 0.339. The Morgan fingerprint density at radius 1 is 1.29 bits per heavy atom. The van der Waals surface area contributed by atoms with Gasteiger partial charge in [0.05, 0.1) is 28.1 Å². The van der Waals surface area contributed by atoms with Gasteiger partial charge in [0.25, 0.3) is 0 Å². The maximum atomic E-state index is 13.7. The zero-order valence-electron chi connectivity index (χ0n) is 11.4. The van der Waals surface area contributed by atoms with Crippen molar-refractivity contribution in [3.63, 3.8) is 0 Å². The molecule has 0 saturated carbocycles. The summed E-state index contributed by atoms with van der Waals surface area (Å²) >= 11 is 3.28. The lowest BCUT2D eigenvalue weighted by Gasteiger charge is -2.10. The number of hydrogen-bond donors (Lipinski definition) is 1. The van der Waals surface area contributed by atoms with E-state index in [0.717, 1.165) is 4.47 Å². The monoisotopic (exact) mass is 371 g/mol. The van der Waals surface area contributed by atoms with Gasteiger partial charge in [0.15, 0.2) is 0 Å². The molecular weight excluding hydrogens is 357 g/mol. The first-order chi connectivity index (χ1) is 10.0. The summed E-state index contributed by atoms with van der Waals surface area (Å²) in [7, 11) is -1.44. The lowest BCUT2D eigenvalue weighted by Crippen LogP contribution is -2.03. The maximum absolute atomic E-state index is 13.7. The van der Waals surface area contributed by atoms with Crippen LogP contribution in [0.4, 0.5) is 10.1 Å². The quantitative estimate of drug-likeness (QED) is 0.811. The number of benzene rings is 2. The van der Waals surface area contributed by atoms with Gasteiger partial charge in [-0.25, -0.2) is 4.39 Å². The van der Waals surface area contributed by atoms with Crippen molar-refractivity contribution in [3.05, 3.63) is 52.3 Å². The van der Waals surface area contributed by atoms with Crippen LogP contribution in [0.2, 0.25) is 0 Å². The van der Waals surface area contributed by atoms with Crippen LogP contribution in [-0.2, 0) is 16.6 Å². The summed E-state index contributed by atoms with van der Waals surface area (Å²) in [5, 5.41) is 0. The van der Waals surface area contributed by atoms with Crippen LogP contribution in [0, 0.1) is 5.82 Å². The van der Waals surface area contributed by atoms with E-state index in [1.54, 1.807) is 30.3 Å². The number of nitrogen functional groups attached to an aromatic ring is 1. The molecule has 0 aliphatic heterocycles. The molecule has 0 saturated heterocycles. The first kappa shape index (κ1) is 16.0. The van der Waals surface area contributed by atoms with Gasteiger partial charge in [-0.05, 0) is 43.3 Å². The fourth-order valence-electron chi connectivity index (χ4n) is 1.84. The number of nitrogens with two attached hydrogens (primary N) is 1. The Morgan fingerprint density at radius 3 is 2.76 bits per heavy atom. The Morgan fingerprint density at radius 2 is 2.05 bits per heavy atom. The van der Waals surface area contributed by atoms with Gasteiger partial charge >= 0.3 is 0 Å². The molecule has 0 bridgehead atoms. The predicted molar refractivity (Wildman–Crippen MR) is 86.2 cm³/mol. The number of rotatable bonds is 5. The second-order valence-electron chi connectivity index (χ2n) is 4.36. The highest BCUT2D eigenvalue weighted by molar-refractivity contribution is 9.10. The van der Waals surface area contributed by atoms with Crippen molar-refractivity contribution in [2.45, 2.75) is 17.6 Å². The molecule has 0 amide bonds. The number of hydrogen-bond acceptors (Lipinski definition) is 3. The third-order valence-electron chi connectivity index (χ3n) is 2.84. The topological polar surface area (TPSA) is 52.3 Å². The van der Waals surface area contributed by atoms with Crippen molar-refractivity contribution in [1.82, 2.24) is 0 Å². The van der Waals surface area contributed by atoms with Gasteiger partial charge in [-0.15, -0.1) is 0 Å². The summed E-state index contributed by atoms with van der Waals surface area (Å²) in [6.45, 7) is 2.38. The molecule has 2 aromatic carbocycles. The van der Waals surface area contributed by atoms with Crippen LogP contribution in [0.15, 0.2) is 45.8 Å². The molecule has 0 aliphatic rings. The van der Waals surface area contributed by atoms with Crippen molar-refractivity contribution >= 4 is 32.4 Å². The van der Waals surface area contributed by atoms with E-state index < -0.39 is 10.8 Å². The molecule has 2 N–H and O–H groups in total. The van der Waals surface area contributed by atoms with E-state index in [9.17, 15) is 8.60 Å². The highest BCUT2D eigenvalue weighted by Gasteiger charge is 2.13. The van der Waals surface area contributed by atoms with Crippen LogP contribution >= 0.6 is 15.9 Å². The van der Waals surface area contributed by atoms with Crippen LogP contribution in [-0.4, -0.2) is 10.8 Å². The van der Waals surface area contributed by atoms with E-state index in [-0.39, 0.29) is 11.6 Å². The standard InChI is InChI=1S/C15H15BrFNO2S/c1-2-20-12-4-6-14(18)15(8-12)21(19)9-10-7-11(16)3-5-13(10)17/h3-8H,2,9,18H2,1H3. The van der Waals surface area contributed by atoms with Crippen LogP contribution in [0.5, 0.6) is 5.75 Å². The second kappa shape index (κ2) is 7.04. The van der Waals surface area contributed by atoms with E-state index in [4.69, 9.17) is 10.5 Å². The molecule has 0 fully saturated rings. The van der Waals surface area contributed by atoms with E-state index in [2.05, 4.69) is 15.9 Å². The van der Waals surface area contributed by atoms with Crippen LogP contribution < -0.4 is 10.5 Å². The van der Waals surface area contributed by atoms with Gasteiger partial charge in [-0.2, -0.15) is 0 Å². The molecule has 0 aromatic heterocycles. The van der Waals surface area contributed by atoms with Crippen LogP contribution in [0.1, 0.15) is 12.5 Å². The van der Waals surface area contributed by atoms with Gasteiger partial charge < -0.3 is 10.5 Å². The first-order valence-corrected chi connectivity index (χ1v) is 8.47. The van der Waals surface area contributed by atoms with Gasteiger partial charge in [0.2, 0.25) is 0 Å². The Labute approximate surface area is 133 Å². The van der Waals surface area contributed by atoms with E-state index in [1.165, 1.54) is 6.07 Å². The summed E-state index contributed by atoms with van der Waals surface area (Å²) in [6.07, 6.45) is 0. The molecule has 0 spiro atoms. The fraction of sp³-hybridized carbons (Fsp3) is 0.200. The van der Waals surface area contributed by atoms with E-state index in [1.807, 2.05) is 6.92 Å². The van der Waals surface area contributed by atoms with Crippen molar-refractivity contribution < 1.29 is 13.3 Å². The molecule has 1 atom stereocenters. The van der Waals surface area contributed by atoms with E-state index in [0.29, 0.717) is 28.5 Å². The third kappa shape index (κ3) is 4.04. The Kier molecular flexibility index (Phi) is 5.36. The van der Waals surface area contributed by atoms with Crippen LogP contribution in [0.3, 0.4) is 0 Å². The van der Waals surface area contributed by atoms with Gasteiger partial charge in [0.1, 0.15) is 11.6 Å². The summed E-state index contributed by atoms with van der Waals surface area (Å²) in [4.78, 5) is 0.459. The molecule has 0 aliphatic carbocycles. The summed E-state index contributed by atoms with van der Waals surface area (Å²) in [5.74, 6) is 0.279. The average molecular weight is 372 g/mol. The molecule has 0 heterocycles. The SMILES string of the molecule is CCOc1ccc(N)c(S(=O)Cc2cc(Br)ccc2F)c1. The van der Waals surface area contributed by atoms with Crippen LogP contribution in [0.25, 0.3) is 0 Å². The normalized spacial score (nSPS) is 12.1. The smallest absolute Gasteiger partial charge is 0.127 e. The van der Waals surface area contributed by atoms with Crippen molar-refractivity contribution in [2.24, 2.45) is 0 Å². The molecule has 2 rings (SSSR count). The molecule has 6 heteroatoms. The van der Waals surface area contributed by atoms with E-state index >= 15 is 0 Å². The first-order valence-electron chi connectivity index (χ1n) is 6.36. The summed E-state index contributed by atoms with van der Waals surface area (Å²) < 4.78 is 32.3. The van der Waals surface area contributed by atoms with Gasteiger partial charge in [-0.3, -0.25) is 4.21 Å². The third-order valence-corrected chi connectivity index (χ3v) is 4.75. The largest absolute Gasteiger partial charge is 0.494 e. The molecule has 1 unspecified atom stereocenters. The molecule has 0 radical (unpaired) electrons. The Bertz CT molecular complexity index is 679. The Hall–Kier alpha value is -1.40. The number of anilines is 1.